The summed E-state index contributed by atoms with van der Waals surface area (Å²) in [6.07, 6.45) is 4.68. The zero-order valence-electron chi connectivity index (χ0n) is 13.1. The van der Waals surface area contributed by atoms with Crippen LogP contribution in [0.15, 0.2) is 67.3 Å². The van der Waals surface area contributed by atoms with Gasteiger partial charge in [0.05, 0.1) is 19.0 Å². The molecule has 0 aliphatic carbocycles. The normalized spacial score (nSPS) is 19.5. The molecule has 3 aromatic rings. The van der Waals surface area contributed by atoms with Gasteiger partial charge < -0.3 is 14.0 Å². The van der Waals surface area contributed by atoms with Gasteiger partial charge in [0.15, 0.2) is 11.9 Å². The summed E-state index contributed by atoms with van der Waals surface area (Å²) in [7, 11) is 1.63. The fraction of sp³-hybridized carbons (Fsp3) is 0.158. The summed E-state index contributed by atoms with van der Waals surface area (Å²) in [5.74, 6) is 1.40. The molecule has 0 radical (unpaired) electrons. The van der Waals surface area contributed by atoms with Gasteiger partial charge in [-0.05, 0) is 29.8 Å². The molecule has 0 saturated heterocycles. The van der Waals surface area contributed by atoms with E-state index in [2.05, 4.69) is 4.98 Å². The number of hydrogen-bond acceptors (Lipinski definition) is 4. The molecule has 0 N–H and O–H groups in total. The van der Waals surface area contributed by atoms with Crippen LogP contribution >= 0.6 is 0 Å². The number of fused-ring (bicyclic) bond motifs is 1. The van der Waals surface area contributed by atoms with Crippen LogP contribution in [0.1, 0.15) is 28.1 Å². The Morgan fingerprint density at radius 3 is 2.62 bits per heavy atom. The summed E-state index contributed by atoms with van der Waals surface area (Å²) >= 11 is 0. The first-order chi connectivity index (χ1) is 11.8. The lowest BCUT2D eigenvalue weighted by molar-refractivity contribution is 0.0677. The minimum atomic E-state index is -0.490. The average molecular weight is 320 g/mol. The maximum Gasteiger partial charge on any atom is 0.193 e. The number of ketones is 1. The SMILES string of the molecule is COc1ccc([C@@H]2Oc3ccccc3C(=O)[C@H]2n2ccnc2)cc1. The second-order valence-corrected chi connectivity index (χ2v) is 5.63. The van der Waals surface area contributed by atoms with E-state index in [0.717, 1.165) is 11.3 Å². The molecule has 2 atom stereocenters. The van der Waals surface area contributed by atoms with E-state index in [1.807, 2.05) is 42.5 Å². The molecule has 2 heterocycles. The highest BCUT2D eigenvalue weighted by atomic mass is 16.5. The van der Waals surface area contributed by atoms with Crippen LogP contribution in [0, 0.1) is 0 Å². The van der Waals surface area contributed by atoms with Crippen LogP contribution in [0.2, 0.25) is 0 Å². The number of benzene rings is 2. The fourth-order valence-corrected chi connectivity index (χ4v) is 3.04. The largest absolute Gasteiger partial charge is 0.497 e. The van der Waals surface area contributed by atoms with Crippen LogP contribution in [0.4, 0.5) is 0 Å². The predicted molar refractivity (Wildman–Crippen MR) is 88.4 cm³/mol. The molecule has 0 fully saturated rings. The predicted octanol–water partition coefficient (Wildman–Crippen LogP) is 3.45. The molecule has 2 aromatic carbocycles. The summed E-state index contributed by atoms with van der Waals surface area (Å²) in [4.78, 5) is 17.1. The van der Waals surface area contributed by atoms with Crippen LogP contribution in [-0.2, 0) is 0 Å². The van der Waals surface area contributed by atoms with Crippen LogP contribution in [0.3, 0.4) is 0 Å². The van der Waals surface area contributed by atoms with Crippen LogP contribution in [-0.4, -0.2) is 22.4 Å². The summed E-state index contributed by atoms with van der Waals surface area (Å²) in [5, 5.41) is 0. The van der Waals surface area contributed by atoms with Crippen molar-refractivity contribution in [2.75, 3.05) is 7.11 Å². The number of hydrogen-bond donors (Lipinski definition) is 0. The van der Waals surface area contributed by atoms with E-state index in [4.69, 9.17) is 9.47 Å². The first kappa shape index (κ1) is 14.5. The lowest BCUT2D eigenvalue weighted by Crippen LogP contribution is -2.33. The fourth-order valence-electron chi connectivity index (χ4n) is 3.04. The number of aromatic nitrogens is 2. The second-order valence-electron chi connectivity index (χ2n) is 5.63. The molecule has 1 aliphatic heterocycles. The topological polar surface area (TPSA) is 53.4 Å². The Balaban J connectivity index is 1.81. The molecule has 5 heteroatoms. The van der Waals surface area contributed by atoms with E-state index in [0.29, 0.717) is 11.3 Å². The van der Waals surface area contributed by atoms with E-state index >= 15 is 0 Å². The molecule has 1 aromatic heterocycles. The third-order valence-corrected chi connectivity index (χ3v) is 4.25. The molecule has 0 amide bonds. The van der Waals surface area contributed by atoms with Crippen molar-refractivity contribution in [3.05, 3.63) is 78.4 Å². The molecule has 0 unspecified atom stereocenters. The van der Waals surface area contributed by atoms with E-state index < -0.39 is 12.1 Å². The van der Waals surface area contributed by atoms with E-state index in [-0.39, 0.29) is 5.78 Å². The summed E-state index contributed by atoms with van der Waals surface area (Å²) in [6.45, 7) is 0. The average Bonchev–Trinajstić information content (AvgIpc) is 3.16. The number of carbonyl (C=O) groups is 1. The van der Waals surface area contributed by atoms with Crippen molar-refractivity contribution >= 4 is 5.78 Å². The van der Waals surface area contributed by atoms with Gasteiger partial charge in [-0.15, -0.1) is 0 Å². The number of rotatable bonds is 3. The number of imidazole rings is 1. The van der Waals surface area contributed by atoms with E-state index in [1.165, 1.54) is 0 Å². The lowest BCUT2D eigenvalue weighted by atomic mass is 9.91. The monoisotopic (exact) mass is 320 g/mol. The summed E-state index contributed by atoms with van der Waals surface area (Å²) < 4.78 is 13.2. The highest BCUT2D eigenvalue weighted by Gasteiger charge is 2.39. The molecule has 0 spiro atoms. The van der Waals surface area contributed by atoms with E-state index in [1.54, 1.807) is 36.5 Å². The highest BCUT2D eigenvalue weighted by molar-refractivity contribution is 6.02. The van der Waals surface area contributed by atoms with Crippen molar-refractivity contribution in [1.82, 2.24) is 9.55 Å². The molecule has 120 valence electrons. The molecule has 4 rings (SSSR count). The molecular formula is C19H16N2O3. The van der Waals surface area contributed by atoms with Crippen LogP contribution < -0.4 is 9.47 Å². The summed E-state index contributed by atoms with van der Waals surface area (Å²) in [5.41, 5.74) is 1.51. The Hall–Kier alpha value is -3.08. The molecule has 1 aliphatic rings. The lowest BCUT2D eigenvalue weighted by Gasteiger charge is -2.33. The zero-order chi connectivity index (χ0) is 16.5. The highest BCUT2D eigenvalue weighted by Crippen LogP contribution is 2.41. The van der Waals surface area contributed by atoms with Gasteiger partial charge in [-0.25, -0.2) is 4.98 Å². The smallest absolute Gasteiger partial charge is 0.193 e. The Labute approximate surface area is 139 Å². The Kier molecular flexibility index (Phi) is 3.54. The van der Waals surface area contributed by atoms with Gasteiger partial charge in [-0.3, -0.25) is 4.79 Å². The maximum absolute atomic E-state index is 13.1. The Morgan fingerprint density at radius 1 is 1.12 bits per heavy atom. The third kappa shape index (κ3) is 2.34. The maximum atomic E-state index is 13.1. The van der Waals surface area contributed by atoms with Crippen molar-refractivity contribution in [2.24, 2.45) is 0 Å². The first-order valence-corrected chi connectivity index (χ1v) is 7.69. The molecule has 24 heavy (non-hydrogen) atoms. The van der Waals surface area contributed by atoms with Crippen LogP contribution in [0.25, 0.3) is 0 Å². The number of para-hydroxylation sites is 1. The number of methoxy groups -OCH3 is 1. The van der Waals surface area contributed by atoms with Crippen LogP contribution in [0.5, 0.6) is 11.5 Å². The van der Waals surface area contributed by atoms with Crippen molar-refractivity contribution < 1.29 is 14.3 Å². The minimum absolute atomic E-state index is 0.0238. The van der Waals surface area contributed by atoms with Crippen molar-refractivity contribution in [2.45, 2.75) is 12.1 Å². The van der Waals surface area contributed by atoms with E-state index in [9.17, 15) is 4.79 Å². The molecular weight excluding hydrogens is 304 g/mol. The number of nitrogens with zero attached hydrogens (tertiary/aromatic N) is 2. The molecule has 0 saturated carbocycles. The quantitative estimate of drug-likeness (QED) is 0.742. The number of carbonyl (C=O) groups excluding carboxylic acids is 1. The van der Waals surface area contributed by atoms with Gasteiger partial charge in [0, 0.05) is 12.4 Å². The summed E-state index contributed by atoms with van der Waals surface area (Å²) in [6, 6.07) is 14.4. The van der Waals surface area contributed by atoms with Gasteiger partial charge in [-0.1, -0.05) is 24.3 Å². The Bertz CT molecular complexity index is 857. The van der Waals surface area contributed by atoms with Gasteiger partial charge in [-0.2, -0.15) is 0 Å². The third-order valence-electron chi connectivity index (χ3n) is 4.25. The van der Waals surface area contributed by atoms with Crippen molar-refractivity contribution in [3.63, 3.8) is 0 Å². The van der Waals surface area contributed by atoms with Gasteiger partial charge >= 0.3 is 0 Å². The first-order valence-electron chi connectivity index (χ1n) is 7.69. The zero-order valence-corrected chi connectivity index (χ0v) is 13.1. The van der Waals surface area contributed by atoms with Gasteiger partial charge in [0.25, 0.3) is 0 Å². The minimum Gasteiger partial charge on any atom is -0.497 e. The second kappa shape index (κ2) is 5.85. The van der Waals surface area contributed by atoms with Crippen molar-refractivity contribution in [1.29, 1.82) is 0 Å². The Morgan fingerprint density at radius 2 is 1.92 bits per heavy atom. The molecule has 0 bridgehead atoms. The molecule has 5 nitrogen and oxygen atoms in total. The van der Waals surface area contributed by atoms with Gasteiger partial charge in [0.2, 0.25) is 0 Å². The van der Waals surface area contributed by atoms with Gasteiger partial charge in [0.1, 0.15) is 17.5 Å². The number of ether oxygens (including phenoxy) is 2. The van der Waals surface area contributed by atoms with Crippen molar-refractivity contribution in [3.8, 4) is 11.5 Å². The standard InChI is InChI=1S/C19H16N2O3/c1-23-14-8-6-13(7-9-14)19-17(21-11-10-20-12-21)18(22)15-4-2-3-5-16(15)24-19/h2-12,17,19H,1H3/t17-,19+/m1/s1. The number of Topliss-reactive ketones (excluding diaryl/α,β-unsaturated/α-hetero) is 1.